The van der Waals surface area contributed by atoms with Gasteiger partial charge in [0.05, 0.1) is 12.3 Å². The number of carbonyl (C=O) groups excluding carboxylic acids is 2. The van der Waals surface area contributed by atoms with Crippen LogP contribution in [0.3, 0.4) is 0 Å². The van der Waals surface area contributed by atoms with Crippen molar-refractivity contribution in [3.63, 3.8) is 0 Å². The van der Waals surface area contributed by atoms with Gasteiger partial charge in [-0.25, -0.2) is 0 Å². The molecule has 1 aromatic heterocycles. The number of nitrogens with one attached hydrogen (secondary N) is 1. The number of nitrogens with zero attached hydrogens (tertiary/aromatic N) is 2. The highest BCUT2D eigenvalue weighted by Crippen LogP contribution is 2.30. The molecule has 5 aromatic rings. The van der Waals surface area contributed by atoms with Gasteiger partial charge in [-0.2, -0.15) is 4.99 Å². The maximum absolute atomic E-state index is 12.1. The molecule has 7 nitrogen and oxygen atoms in total. The minimum absolute atomic E-state index is 0.103. The van der Waals surface area contributed by atoms with Crippen LogP contribution in [-0.4, -0.2) is 29.8 Å². The van der Waals surface area contributed by atoms with E-state index in [4.69, 9.17) is 9.47 Å². The van der Waals surface area contributed by atoms with Crippen LogP contribution >= 0.6 is 0 Å². The van der Waals surface area contributed by atoms with E-state index in [1.165, 1.54) is 5.52 Å². The minimum atomic E-state index is 0.103. The third-order valence-corrected chi connectivity index (χ3v) is 6.69. The number of aromatic nitrogens is 1. The molecule has 0 aliphatic heterocycles. The lowest BCUT2D eigenvalue weighted by atomic mass is 10.1. The monoisotopic (exact) mass is 545 g/mol. The predicted octanol–water partition coefficient (Wildman–Crippen LogP) is 7.06. The first-order valence-electron chi connectivity index (χ1n) is 13.6. The lowest BCUT2D eigenvalue weighted by Crippen LogP contribution is -2.25. The van der Waals surface area contributed by atoms with Gasteiger partial charge in [0.1, 0.15) is 12.0 Å². The lowest BCUT2D eigenvalue weighted by molar-refractivity contribution is -0.106. The molecule has 5 rings (SSSR count). The summed E-state index contributed by atoms with van der Waals surface area (Å²) in [7, 11) is 0. The Kier molecular flexibility index (Phi) is 8.55. The standard InChI is InChI=1S/C34H31N3O4/c1-3-37-32-8-6-5-7-30(32)31-20-26(13-18-33(31)37)19-29(23-39)41-34(36-27-14-9-25(22-38)10-15-27)35-21-24-11-16-28(17-12-24)40-4-2/h5-20,22-23H,3-4,21H2,1-2H3,(H,35,36)/b29-19+. The number of aryl methyl sites for hydroxylation is 1. The number of fused-ring (bicyclic) bond motifs is 3. The molecule has 0 fully saturated rings. The Morgan fingerprint density at radius 3 is 2.29 bits per heavy atom. The largest absolute Gasteiger partial charge is 0.494 e. The number of aliphatic imine (C=N–C) groups is 1. The number of amidine groups is 1. The number of hydrogen-bond donors (Lipinski definition) is 1. The molecule has 0 amide bonds. The molecule has 1 N–H and O–H groups in total. The SMILES string of the molecule is CCOc1ccc(CN/C(=N/c2ccc(C=O)cc2)O/C(C=O)=C/c2ccc3c(c2)c2ccccc2n3CC)cc1. The maximum Gasteiger partial charge on any atom is 0.295 e. The van der Waals surface area contributed by atoms with E-state index in [0.29, 0.717) is 30.7 Å². The Balaban J connectivity index is 1.44. The van der Waals surface area contributed by atoms with Crippen molar-refractivity contribution < 1.29 is 19.1 Å². The Morgan fingerprint density at radius 1 is 0.854 bits per heavy atom. The molecule has 1 heterocycles. The lowest BCUT2D eigenvalue weighted by Gasteiger charge is -2.12. The number of allylic oxidation sites excluding steroid dienone is 1. The van der Waals surface area contributed by atoms with Gasteiger partial charge in [0.15, 0.2) is 12.0 Å². The van der Waals surface area contributed by atoms with Crippen LogP contribution in [0.25, 0.3) is 27.9 Å². The van der Waals surface area contributed by atoms with Gasteiger partial charge in [0.2, 0.25) is 0 Å². The van der Waals surface area contributed by atoms with E-state index in [1.807, 2.05) is 49.4 Å². The first kappa shape index (κ1) is 27.4. The Hall–Kier alpha value is -5.17. The number of carbonyl (C=O) groups is 2. The quantitative estimate of drug-likeness (QED) is 0.0668. The Morgan fingerprint density at radius 2 is 1.59 bits per heavy atom. The maximum atomic E-state index is 12.1. The highest BCUT2D eigenvalue weighted by molar-refractivity contribution is 6.08. The van der Waals surface area contributed by atoms with Gasteiger partial charge in [0.25, 0.3) is 6.02 Å². The molecule has 0 unspecified atom stereocenters. The zero-order valence-corrected chi connectivity index (χ0v) is 23.0. The van der Waals surface area contributed by atoms with Crippen LogP contribution in [0.5, 0.6) is 5.75 Å². The predicted molar refractivity (Wildman–Crippen MR) is 164 cm³/mol. The van der Waals surface area contributed by atoms with Crippen molar-refractivity contribution in [2.75, 3.05) is 6.61 Å². The van der Waals surface area contributed by atoms with Crippen LogP contribution in [-0.2, 0) is 22.6 Å². The fourth-order valence-electron chi connectivity index (χ4n) is 4.76. The molecule has 41 heavy (non-hydrogen) atoms. The Labute approximate surface area is 238 Å². The molecule has 0 bridgehead atoms. The second-order valence-corrected chi connectivity index (χ2v) is 9.36. The first-order chi connectivity index (χ1) is 20.1. The molecule has 0 atom stereocenters. The van der Waals surface area contributed by atoms with Crippen LogP contribution < -0.4 is 10.1 Å². The van der Waals surface area contributed by atoms with Crippen LogP contribution in [0.2, 0.25) is 0 Å². The van der Waals surface area contributed by atoms with Gasteiger partial charge in [0, 0.05) is 40.5 Å². The van der Waals surface area contributed by atoms with Crippen molar-refractivity contribution in [3.05, 3.63) is 113 Å². The van der Waals surface area contributed by atoms with E-state index < -0.39 is 0 Å². The van der Waals surface area contributed by atoms with Crippen molar-refractivity contribution >= 4 is 52.2 Å². The van der Waals surface area contributed by atoms with Crippen LogP contribution in [0, 0.1) is 0 Å². The second kappa shape index (κ2) is 12.8. The van der Waals surface area contributed by atoms with Gasteiger partial charge < -0.3 is 19.4 Å². The summed E-state index contributed by atoms with van der Waals surface area (Å²) < 4.78 is 13.8. The van der Waals surface area contributed by atoms with Gasteiger partial charge in [-0.3, -0.25) is 9.59 Å². The molecule has 0 radical (unpaired) electrons. The summed E-state index contributed by atoms with van der Waals surface area (Å²) in [4.78, 5) is 27.8. The van der Waals surface area contributed by atoms with Gasteiger partial charge >= 0.3 is 0 Å². The van der Waals surface area contributed by atoms with E-state index in [1.54, 1.807) is 30.3 Å². The van der Waals surface area contributed by atoms with E-state index >= 15 is 0 Å². The summed E-state index contributed by atoms with van der Waals surface area (Å²) >= 11 is 0. The number of para-hydroxylation sites is 1. The molecular formula is C34H31N3O4. The highest BCUT2D eigenvalue weighted by atomic mass is 16.5. The number of aldehydes is 2. The number of hydrogen-bond acceptors (Lipinski definition) is 5. The number of ether oxygens (including phenoxy) is 2. The second-order valence-electron chi connectivity index (χ2n) is 9.36. The fourth-order valence-corrected chi connectivity index (χ4v) is 4.76. The summed E-state index contributed by atoms with van der Waals surface area (Å²) in [5.74, 6) is 0.896. The van der Waals surface area contributed by atoms with Crippen molar-refractivity contribution in [3.8, 4) is 5.75 Å². The average Bonchev–Trinajstić information content (AvgIpc) is 3.33. The summed E-state index contributed by atoms with van der Waals surface area (Å²) in [5, 5.41) is 5.46. The van der Waals surface area contributed by atoms with Crippen LogP contribution in [0.15, 0.2) is 102 Å². The summed E-state index contributed by atoms with van der Waals surface area (Å²) in [5.41, 5.74) is 5.24. The number of benzene rings is 4. The van der Waals surface area contributed by atoms with Crippen LogP contribution in [0.4, 0.5) is 5.69 Å². The van der Waals surface area contributed by atoms with Crippen LogP contribution in [0.1, 0.15) is 35.3 Å². The molecule has 0 spiro atoms. The molecule has 7 heteroatoms. The van der Waals surface area contributed by atoms with Gasteiger partial charge in [-0.05, 0) is 85.6 Å². The van der Waals surface area contributed by atoms with E-state index in [0.717, 1.165) is 46.0 Å². The van der Waals surface area contributed by atoms with Gasteiger partial charge in [-0.1, -0.05) is 36.4 Å². The summed E-state index contributed by atoms with van der Waals surface area (Å²) in [6, 6.07) is 29.1. The number of rotatable bonds is 10. The van der Waals surface area contributed by atoms with Crippen molar-refractivity contribution in [2.24, 2.45) is 4.99 Å². The molecule has 0 saturated carbocycles. The molecule has 0 saturated heterocycles. The molecular weight excluding hydrogens is 514 g/mol. The smallest absolute Gasteiger partial charge is 0.295 e. The molecule has 206 valence electrons. The zero-order chi connectivity index (χ0) is 28.6. The highest BCUT2D eigenvalue weighted by Gasteiger charge is 2.11. The van der Waals surface area contributed by atoms with Gasteiger partial charge in [-0.15, -0.1) is 0 Å². The summed E-state index contributed by atoms with van der Waals surface area (Å²) in [6.07, 6.45) is 3.15. The average molecular weight is 546 g/mol. The van der Waals surface area contributed by atoms with E-state index in [-0.39, 0.29) is 11.8 Å². The zero-order valence-electron chi connectivity index (χ0n) is 23.0. The molecule has 0 aliphatic carbocycles. The topological polar surface area (TPSA) is 81.9 Å². The molecule has 4 aromatic carbocycles. The normalized spacial score (nSPS) is 12.0. The van der Waals surface area contributed by atoms with Crippen molar-refractivity contribution in [1.29, 1.82) is 0 Å². The third kappa shape index (κ3) is 6.36. The minimum Gasteiger partial charge on any atom is -0.494 e. The van der Waals surface area contributed by atoms with Crippen molar-refractivity contribution in [1.82, 2.24) is 9.88 Å². The first-order valence-corrected chi connectivity index (χ1v) is 13.6. The third-order valence-electron chi connectivity index (χ3n) is 6.69. The molecule has 0 aliphatic rings. The van der Waals surface area contributed by atoms with E-state index in [9.17, 15) is 9.59 Å². The summed E-state index contributed by atoms with van der Waals surface area (Å²) in [6.45, 7) is 5.93. The van der Waals surface area contributed by atoms with E-state index in [2.05, 4.69) is 46.1 Å². The Bertz CT molecular complexity index is 1730. The van der Waals surface area contributed by atoms with Crippen molar-refractivity contribution in [2.45, 2.75) is 26.9 Å². The fraction of sp³-hybridized carbons (Fsp3) is 0.147.